The van der Waals surface area contributed by atoms with E-state index in [1.54, 1.807) is 0 Å². The molecule has 0 amide bonds. The van der Waals surface area contributed by atoms with Crippen LogP contribution in [0.4, 0.5) is 0 Å². The first-order valence-electron chi connectivity index (χ1n) is 6.03. The molecule has 0 heterocycles. The summed E-state index contributed by atoms with van der Waals surface area (Å²) in [5.41, 5.74) is 7.60. The van der Waals surface area contributed by atoms with Crippen LogP contribution in [0.25, 0.3) is 0 Å². The standard InChI is InChI=1S/C15H15Cl2NO/c1-10-5-6-13(17)15(9-10)19-14-4-2-3-12(16)11(14)7-8-18/h2-6,9H,7-8,18H2,1H3. The molecule has 2 aromatic carbocycles. The van der Waals surface area contributed by atoms with Crippen LogP contribution in [0.3, 0.4) is 0 Å². The van der Waals surface area contributed by atoms with Crippen LogP contribution < -0.4 is 10.5 Å². The lowest BCUT2D eigenvalue weighted by molar-refractivity contribution is 0.476. The zero-order valence-corrected chi connectivity index (χ0v) is 12.1. The molecule has 0 aliphatic rings. The quantitative estimate of drug-likeness (QED) is 0.895. The fraction of sp³-hybridized carbons (Fsp3) is 0.200. The molecule has 0 atom stereocenters. The van der Waals surface area contributed by atoms with Gasteiger partial charge in [-0.1, -0.05) is 35.3 Å². The molecule has 2 rings (SSSR count). The van der Waals surface area contributed by atoms with Gasteiger partial charge in [-0.3, -0.25) is 0 Å². The second kappa shape index (κ2) is 6.29. The van der Waals surface area contributed by atoms with Gasteiger partial charge < -0.3 is 10.5 Å². The molecule has 100 valence electrons. The summed E-state index contributed by atoms with van der Waals surface area (Å²) >= 11 is 12.3. The highest BCUT2D eigenvalue weighted by molar-refractivity contribution is 6.32. The van der Waals surface area contributed by atoms with Crippen LogP contribution in [0.1, 0.15) is 11.1 Å². The largest absolute Gasteiger partial charge is 0.455 e. The van der Waals surface area contributed by atoms with E-state index in [2.05, 4.69) is 0 Å². The molecule has 0 aliphatic heterocycles. The third-order valence-electron chi connectivity index (χ3n) is 2.78. The van der Waals surface area contributed by atoms with Crippen molar-refractivity contribution in [2.75, 3.05) is 6.54 Å². The molecule has 4 heteroatoms. The van der Waals surface area contributed by atoms with Gasteiger partial charge in [0.15, 0.2) is 0 Å². The van der Waals surface area contributed by atoms with E-state index >= 15 is 0 Å². The summed E-state index contributed by atoms with van der Waals surface area (Å²) in [6.07, 6.45) is 0.665. The molecular weight excluding hydrogens is 281 g/mol. The lowest BCUT2D eigenvalue weighted by Gasteiger charge is -2.13. The fourth-order valence-electron chi connectivity index (χ4n) is 1.83. The molecule has 0 saturated carbocycles. The Labute approximate surface area is 123 Å². The predicted octanol–water partition coefficient (Wildman–Crippen LogP) is 4.60. The predicted molar refractivity (Wildman–Crippen MR) is 80.5 cm³/mol. The summed E-state index contributed by atoms with van der Waals surface area (Å²) in [7, 11) is 0. The second-order valence-electron chi connectivity index (χ2n) is 4.29. The Kier molecular flexibility index (Phi) is 4.70. The van der Waals surface area contributed by atoms with E-state index in [0.29, 0.717) is 34.5 Å². The molecule has 0 bridgehead atoms. The maximum atomic E-state index is 6.18. The van der Waals surface area contributed by atoms with Crippen LogP contribution in [0.2, 0.25) is 10.0 Å². The Morgan fingerprint density at radius 3 is 2.58 bits per heavy atom. The summed E-state index contributed by atoms with van der Waals surface area (Å²) in [5.74, 6) is 1.33. The van der Waals surface area contributed by atoms with Crippen molar-refractivity contribution < 1.29 is 4.74 Å². The van der Waals surface area contributed by atoms with Gasteiger partial charge in [0.25, 0.3) is 0 Å². The van der Waals surface area contributed by atoms with E-state index in [1.807, 2.05) is 43.3 Å². The number of ether oxygens (including phenoxy) is 1. The molecule has 0 saturated heterocycles. The van der Waals surface area contributed by atoms with Crippen molar-refractivity contribution in [1.82, 2.24) is 0 Å². The van der Waals surface area contributed by atoms with Gasteiger partial charge in [-0.25, -0.2) is 0 Å². The molecule has 0 radical (unpaired) electrons. The van der Waals surface area contributed by atoms with Crippen LogP contribution in [0.5, 0.6) is 11.5 Å². The van der Waals surface area contributed by atoms with Crippen molar-refractivity contribution in [1.29, 1.82) is 0 Å². The highest BCUT2D eigenvalue weighted by Crippen LogP contribution is 2.34. The molecule has 2 nitrogen and oxygen atoms in total. The van der Waals surface area contributed by atoms with Gasteiger partial charge in [0, 0.05) is 10.6 Å². The van der Waals surface area contributed by atoms with Crippen LogP contribution in [0, 0.1) is 6.92 Å². The minimum Gasteiger partial charge on any atom is -0.455 e. The van der Waals surface area contributed by atoms with Crippen LogP contribution in [-0.2, 0) is 6.42 Å². The minimum atomic E-state index is 0.516. The van der Waals surface area contributed by atoms with Gasteiger partial charge in [-0.15, -0.1) is 0 Å². The Morgan fingerprint density at radius 2 is 1.84 bits per heavy atom. The zero-order chi connectivity index (χ0) is 13.8. The third kappa shape index (κ3) is 3.41. The molecule has 19 heavy (non-hydrogen) atoms. The Bertz CT molecular complexity index is 584. The van der Waals surface area contributed by atoms with Crippen molar-refractivity contribution in [3.63, 3.8) is 0 Å². The van der Waals surface area contributed by atoms with E-state index in [1.165, 1.54) is 0 Å². The van der Waals surface area contributed by atoms with Gasteiger partial charge in [0.05, 0.1) is 5.02 Å². The van der Waals surface area contributed by atoms with E-state index < -0.39 is 0 Å². The van der Waals surface area contributed by atoms with Crippen molar-refractivity contribution in [3.8, 4) is 11.5 Å². The van der Waals surface area contributed by atoms with Gasteiger partial charge >= 0.3 is 0 Å². The van der Waals surface area contributed by atoms with E-state index in [9.17, 15) is 0 Å². The molecule has 2 aromatic rings. The van der Waals surface area contributed by atoms with E-state index in [4.69, 9.17) is 33.7 Å². The van der Waals surface area contributed by atoms with Crippen molar-refractivity contribution in [2.24, 2.45) is 5.73 Å². The topological polar surface area (TPSA) is 35.2 Å². The summed E-state index contributed by atoms with van der Waals surface area (Å²) in [6, 6.07) is 11.2. The lowest BCUT2D eigenvalue weighted by Crippen LogP contribution is -2.04. The average Bonchev–Trinajstić information content (AvgIpc) is 2.38. The molecule has 0 spiro atoms. The lowest BCUT2D eigenvalue weighted by atomic mass is 10.1. The van der Waals surface area contributed by atoms with Gasteiger partial charge in [0.2, 0.25) is 0 Å². The van der Waals surface area contributed by atoms with Crippen LogP contribution in [0.15, 0.2) is 36.4 Å². The highest BCUT2D eigenvalue weighted by Gasteiger charge is 2.10. The van der Waals surface area contributed by atoms with Crippen molar-refractivity contribution in [3.05, 3.63) is 57.6 Å². The maximum Gasteiger partial charge on any atom is 0.146 e. The SMILES string of the molecule is Cc1ccc(Cl)c(Oc2cccc(Cl)c2CCN)c1. The summed E-state index contributed by atoms with van der Waals surface area (Å²) in [6.45, 7) is 2.50. The zero-order valence-electron chi connectivity index (χ0n) is 10.6. The molecule has 0 fully saturated rings. The number of benzene rings is 2. The van der Waals surface area contributed by atoms with Crippen LogP contribution >= 0.6 is 23.2 Å². The van der Waals surface area contributed by atoms with Crippen molar-refractivity contribution in [2.45, 2.75) is 13.3 Å². The monoisotopic (exact) mass is 295 g/mol. The first-order valence-corrected chi connectivity index (χ1v) is 6.79. The number of nitrogens with two attached hydrogens (primary N) is 1. The number of hydrogen-bond donors (Lipinski definition) is 1. The first-order chi connectivity index (χ1) is 9.11. The molecule has 0 unspecified atom stereocenters. The maximum absolute atomic E-state index is 6.18. The number of halogens is 2. The second-order valence-corrected chi connectivity index (χ2v) is 5.11. The average molecular weight is 296 g/mol. The van der Waals surface area contributed by atoms with E-state index in [-0.39, 0.29) is 0 Å². The summed E-state index contributed by atoms with van der Waals surface area (Å²) < 4.78 is 5.88. The van der Waals surface area contributed by atoms with E-state index in [0.717, 1.165) is 11.1 Å². The number of hydrogen-bond acceptors (Lipinski definition) is 2. The summed E-state index contributed by atoms with van der Waals surface area (Å²) in [4.78, 5) is 0. The molecule has 0 aliphatic carbocycles. The molecule has 0 aromatic heterocycles. The van der Waals surface area contributed by atoms with Crippen molar-refractivity contribution >= 4 is 23.2 Å². The highest BCUT2D eigenvalue weighted by atomic mass is 35.5. The number of aryl methyl sites for hydroxylation is 1. The Hall–Kier alpha value is -1.22. The van der Waals surface area contributed by atoms with Gasteiger partial charge in [-0.2, -0.15) is 0 Å². The smallest absolute Gasteiger partial charge is 0.146 e. The number of rotatable bonds is 4. The van der Waals surface area contributed by atoms with Gasteiger partial charge in [-0.05, 0) is 49.7 Å². The fourth-order valence-corrected chi connectivity index (χ4v) is 2.25. The normalized spacial score (nSPS) is 10.5. The van der Waals surface area contributed by atoms with Gasteiger partial charge in [0.1, 0.15) is 11.5 Å². The Balaban J connectivity index is 2.37. The third-order valence-corrected chi connectivity index (χ3v) is 3.44. The van der Waals surface area contributed by atoms with Crippen LogP contribution in [-0.4, -0.2) is 6.54 Å². The first kappa shape index (κ1) is 14.2. The minimum absolute atomic E-state index is 0.516. The Morgan fingerprint density at radius 1 is 1.05 bits per heavy atom. The molecule has 2 N–H and O–H groups in total. The summed E-state index contributed by atoms with van der Waals surface area (Å²) in [5, 5.41) is 1.23. The molecular formula is C15H15Cl2NO.